The molecule has 1 aromatic rings. The van der Waals surface area contributed by atoms with Crippen LogP contribution < -0.4 is 4.90 Å². The summed E-state index contributed by atoms with van der Waals surface area (Å²) in [7, 11) is 0. The van der Waals surface area contributed by atoms with Crippen LogP contribution >= 0.6 is 0 Å². The molecule has 2 nitrogen and oxygen atoms in total. The van der Waals surface area contributed by atoms with Gasteiger partial charge in [0.25, 0.3) is 0 Å². The number of pyridine rings is 1. The lowest BCUT2D eigenvalue weighted by Gasteiger charge is -2.28. The molecule has 1 aliphatic carbocycles. The molecule has 0 unspecified atom stereocenters. The number of anilines is 1. The van der Waals surface area contributed by atoms with E-state index in [1.165, 1.54) is 36.2 Å². The van der Waals surface area contributed by atoms with Crippen LogP contribution in [0.1, 0.15) is 44.2 Å². The minimum atomic E-state index is 0.549. The lowest BCUT2D eigenvalue weighted by Crippen LogP contribution is -2.31. The summed E-state index contributed by atoms with van der Waals surface area (Å²) < 4.78 is 0. The van der Waals surface area contributed by atoms with Crippen molar-refractivity contribution in [2.24, 2.45) is 5.41 Å². The molecular formula is C15H24N2. The summed E-state index contributed by atoms with van der Waals surface area (Å²) in [6, 6.07) is 2.10. The smallest absolute Gasteiger partial charge is 0.131 e. The molecule has 1 heterocycles. The van der Waals surface area contributed by atoms with E-state index < -0.39 is 0 Å². The Morgan fingerprint density at radius 1 is 1.35 bits per heavy atom. The Morgan fingerprint density at radius 2 is 2.06 bits per heavy atom. The minimum Gasteiger partial charge on any atom is -0.356 e. The van der Waals surface area contributed by atoms with Crippen molar-refractivity contribution in [2.45, 2.75) is 47.0 Å². The number of hydrogen-bond donors (Lipinski definition) is 0. The van der Waals surface area contributed by atoms with Crippen LogP contribution in [0.2, 0.25) is 0 Å². The molecule has 1 aromatic heterocycles. The number of nitrogens with zero attached hydrogens (tertiary/aromatic N) is 2. The van der Waals surface area contributed by atoms with E-state index in [1.54, 1.807) is 0 Å². The molecule has 2 heteroatoms. The molecule has 0 atom stereocenters. The van der Waals surface area contributed by atoms with Crippen molar-refractivity contribution in [2.75, 3.05) is 18.0 Å². The molecule has 0 aliphatic heterocycles. The predicted molar refractivity (Wildman–Crippen MR) is 73.6 cm³/mol. The lowest BCUT2D eigenvalue weighted by molar-refractivity contribution is 0.542. The molecule has 0 bridgehead atoms. The molecule has 94 valence electrons. The third kappa shape index (κ3) is 2.80. The van der Waals surface area contributed by atoms with Gasteiger partial charge >= 0.3 is 0 Å². The van der Waals surface area contributed by atoms with Crippen LogP contribution in [0.4, 0.5) is 5.82 Å². The van der Waals surface area contributed by atoms with Gasteiger partial charge in [-0.05, 0) is 55.7 Å². The van der Waals surface area contributed by atoms with Gasteiger partial charge in [-0.15, -0.1) is 0 Å². The first-order valence-corrected chi connectivity index (χ1v) is 6.73. The van der Waals surface area contributed by atoms with Crippen molar-refractivity contribution in [3.8, 4) is 0 Å². The Bertz CT molecular complexity index is 394. The van der Waals surface area contributed by atoms with Crippen molar-refractivity contribution in [1.82, 2.24) is 4.98 Å². The normalized spacial score (nSPS) is 16.9. The topological polar surface area (TPSA) is 16.1 Å². The summed E-state index contributed by atoms with van der Waals surface area (Å²) >= 11 is 0. The van der Waals surface area contributed by atoms with Crippen LogP contribution in [0.3, 0.4) is 0 Å². The summed E-state index contributed by atoms with van der Waals surface area (Å²) in [5.74, 6) is 1.19. The second-order valence-electron chi connectivity index (χ2n) is 5.81. The van der Waals surface area contributed by atoms with Crippen LogP contribution in [0.25, 0.3) is 0 Å². The van der Waals surface area contributed by atoms with Gasteiger partial charge in [0.05, 0.1) is 0 Å². The largest absolute Gasteiger partial charge is 0.356 e. The van der Waals surface area contributed by atoms with Gasteiger partial charge in [0, 0.05) is 19.3 Å². The third-order valence-corrected chi connectivity index (χ3v) is 3.92. The summed E-state index contributed by atoms with van der Waals surface area (Å²) in [5, 5.41) is 0. The monoisotopic (exact) mass is 232 g/mol. The average molecular weight is 232 g/mol. The summed E-state index contributed by atoms with van der Waals surface area (Å²) in [6.07, 6.45) is 5.87. The van der Waals surface area contributed by atoms with Crippen molar-refractivity contribution >= 4 is 5.82 Å². The zero-order chi connectivity index (χ0) is 12.5. The number of aryl methyl sites for hydroxylation is 1. The molecule has 1 aliphatic rings. The fourth-order valence-corrected chi connectivity index (χ4v) is 2.30. The molecule has 0 amide bonds. The van der Waals surface area contributed by atoms with E-state index in [0.717, 1.165) is 13.1 Å². The average Bonchev–Trinajstić information content (AvgIpc) is 3.00. The van der Waals surface area contributed by atoms with Gasteiger partial charge in [-0.25, -0.2) is 4.98 Å². The molecule has 1 saturated carbocycles. The molecule has 1 fully saturated rings. The van der Waals surface area contributed by atoms with Gasteiger partial charge in [-0.2, -0.15) is 0 Å². The highest BCUT2D eigenvalue weighted by Gasteiger charge is 2.39. The van der Waals surface area contributed by atoms with E-state index in [9.17, 15) is 0 Å². The molecule has 0 N–H and O–H groups in total. The van der Waals surface area contributed by atoms with Crippen LogP contribution in [0.5, 0.6) is 0 Å². The van der Waals surface area contributed by atoms with Gasteiger partial charge in [0.2, 0.25) is 0 Å². The quantitative estimate of drug-likeness (QED) is 0.769. The Labute approximate surface area is 105 Å². The van der Waals surface area contributed by atoms with E-state index in [-0.39, 0.29) is 0 Å². The van der Waals surface area contributed by atoms with Gasteiger partial charge in [-0.1, -0.05) is 13.8 Å². The van der Waals surface area contributed by atoms with Gasteiger partial charge in [-0.3, -0.25) is 0 Å². The maximum atomic E-state index is 4.60. The van der Waals surface area contributed by atoms with Crippen LogP contribution in [0.15, 0.2) is 12.3 Å². The fraction of sp³-hybridized carbons (Fsp3) is 0.667. The lowest BCUT2D eigenvalue weighted by atomic mass is 10.1. The Morgan fingerprint density at radius 3 is 2.65 bits per heavy atom. The van der Waals surface area contributed by atoms with Crippen LogP contribution in [-0.2, 0) is 0 Å². The minimum absolute atomic E-state index is 0.549. The summed E-state index contributed by atoms with van der Waals surface area (Å²) in [6.45, 7) is 11.3. The third-order valence-electron chi connectivity index (χ3n) is 3.92. The summed E-state index contributed by atoms with van der Waals surface area (Å²) in [4.78, 5) is 7.08. The van der Waals surface area contributed by atoms with E-state index in [4.69, 9.17) is 0 Å². The Kier molecular flexibility index (Phi) is 3.41. The highest BCUT2D eigenvalue weighted by molar-refractivity contribution is 5.49. The molecule has 0 aromatic carbocycles. The Hall–Kier alpha value is -1.05. The van der Waals surface area contributed by atoms with Crippen molar-refractivity contribution < 1.29 is 0 Å². The van der Waals surface area contributed by atoms with Crippen LogP contribution in [-0.4, -0.2) is 18.1 Å². The molecular weight excluding hydrogens is 208 g/mol. The predicted octanol–water partition coefficient (Wildman–Crippen LogP) is 3.71. The second kappa shape index (κ2) is 4.67. The highest BCUT2D eigenvalue weighted by Crippen LogP contribution is 2.46. The second-order valence-corrected chi connectivity index (χ2v) is 5.81. The Balaban J connectivity index is 2.22. The molecule has 0 saturated heterocycles. The van der Waals surface area contributed by atoms with E-state index in [1.807, 2.05) is 6.20 Å². The first kappa shape index (κ1) is 12.4. The molecule has 2 rings (SSSR count). The van der Waals surface area contributed by atoms with Gasteiger partial charge in [0.1, 0.15) is 5.82 Å². The first-order valence-electron chi connectivity index (χ1n) is 6.73. The van der Waals surface area contributed by atoms with Gasteiger partial charge in [0.15, 0.2) is 0 Å². The first-order chi connectivity index (χ1) is 8.06. The van der Waals surface area contributed by atoms with E-state index >= 15 is 0 Å². The fourth-order valence-electron chi connectivity index (χ4n) is 2.30. The number of aromatic nitrogens is 1. The zero-order valence-corrected chi connectivity index (χ0v) is 11.6. The van der Waals surface area contributed by atoms with Gasteiger partial charge < -0.3 is 4.90 Å². The zero-order valence-electron chi connectivity index (χ0n) is 11.6. The maximum absolute atomic E-state index is 4.60. The number of rotatable bonds is 5. The highest BCUT2D eigenvalue weighted by atomic mass is 15.2. The molecule has 0 radical (unpaired) electrons. The summed E-state index contributed by atoms with van der Waals surface area (Å²) in [5.41, 5.74) is 3.23. The molecule has 0 spiro atoms. The number of hydrogen-bond acceptors (Lipinski definition) is 2. The van der Waals surface area contributed by atoms with Crippen molar-refractivity contribution in [3.63, 3.8) is 0 Å². The van der Waals surface area contributed by atoms with Crippen LogP contribution in [0, 0.1) is 19.3 Å². The van der Waals surface area contributed by atoms with Crippen molar-refractivity contribution in [3.05, 3.63) is 23.4 Å². The molecule has 17 heavy (non-hydrogen) atoms. The van der Waals surface area contributed by atoms with Crippen molar-refractivity contribution in [1.29, 1.82) is 0 Å². The standard InChI is InChI=1S/C15H24N2/c1-5-10-17(11-15(4)7-8-15)14-13(3)12(2)6-9-16-14/h6,9H,5,7-8,10-11H2,1-4H3. The van der Waals surface area contributed by atoms with E-state index in [0.29, 0.717) is 5.41 Å². The SMILES string of the molecule is CCCN(CC1(C)CC1)c1nccc(C)c1C. The maximum Gasteiger partial charge on any atom is 0.131 e. The van der Waals surface area contributed by atoms with E-state index in [2.05, 4.69) is 43.6 Å².